The van der Waals surface area contributed by atoms with Crippen molar-refractivity contribution in [2.45, 2.75) is 25.4 Å². The van der Waals surface area contributed by atoms with Crippen molar-refractivity contribution in [1.29, 1.82) is 0 Å². The number of benzene rings is 2. The second-order valence-electron chi connectivity index (χ2n) is 7.10. The van der Waals surface area contributed by atoms with Gasteiger partial charge in [-0.2, -0.15) is 0 Å². The summed E-state index contributed by atoms with van der Waals surface area (Å²) in [7, 11) is 1.30. The predicted molar refractivity (Wildman–Crippen MR) is 104 cm³/mol. The van der Waals surface area contributed by atoms with Crippen LogP contribution in [0.15, 0.2) is 60.7 Å². The zero-order chi connectivity index (χ0) is 20.1. The van der Waals surface area contributed by atoms with Gasteiger partial charge in [-0.25, -0.2) is 4.79 Å². The Balaban J connectivity index is 1.81. The van der Waals surface area contributed by atoms with E-state index in [1.807, 2.05) is 60.7 Å². The lowest BCUT2D eigenvalue weighted by Gasteiger charge is -2.43. The highest BCUT2D eigenvalue weighted by Crippen LogP contribution is 2.26. The first-order valence-electron chi connectivity index (χ1n) is 9.23. The summed E-state index contributed by atoms with van der Waals surface area (Å²) in [6, 6.07) is 18.9. The number of piperazine rings is 1. The highest BCUT2D eigenvalue weighted by Gasteiger charge is 2.48. The van der Waals surface area contributed by atoms with E-state index in [1.165, 1.54) is 16.9 Å². The Labute approximate surface area is 164 Å². The second-order valence-corrected chi connectivity index (χ2v) is 7.10. The minimum atomic E-state index is -1.25. The quantitative estimate of drug-likeness (QED) is 0.568. The number of rotatable bonds is 6. The largest absolute Gasteiger partial charge is 0.467 e. The maximum absolute atomic E-state index is 12.9. The first-order chi connectivity index (χ1) is 13.5. The number of esters is 1. The van der Waals surface area contributed by atoms with Crippen LogP contribution < -0.4 is 0 Å². The number of nitrogens with zero attached hydrogens (tertiary/aromatic N) is 2. The van der Waals surface area contributed by atoms with E-state index in [0.717, 1.165) is 11.1 Å². The van der Waals surface area contributed by atoms with Crippen LogP contribution in [-0.2, 0) is 32.1 Å². The summed E-state index contributed by atoms with van der Waals surface area (Å²) in [6.07, 6.45) is 0.276. The van der Waals surface area contributed by atoms with Crippen molar-refractivity contribution in [3.8, 4) is 0 Å². The molecule has 2 aromatic rings. The Morgan fingerprint density at radius 1 is 0.929 bits per heavy atom. The minimum Gasteiger partial charge on any atom is -0.467 e. The molecular weight excluding hydrogens is 356 g/mol. The molecule has 1 atom stereocenters. The van der Waals surface area contributed by atoms with Crippen molar-refractivity contribution in [2.75, 3.05) is 20.2 Å². The molecule has 2 amide bonds. The van der Waals surface area contributed by atoms with Gasteiger partial charge < -0.3 is 14.5 Å². The molecular formula is C22H24N2O4. The van der Waals surface area contributed by atoms with Crippen molar-refractivity contribution >= 4 is 17.8 Å². The lowest BCUT2D eigenvalue weighted by molar-refractivity contribution is -0.170. The van der Waals surface area contributed by atoms with Crippen molar-refractivity contribution in [3.63, 3.8) is 0 Å². The molecule has 0 spiro atoms. The van der Waals surface area contributed by atoms with Gasteiger partial charge in [-0.3, -0.25) is 9.59 Å². The van der Waals surface area contributed by atoms with Gasteiger partial charge >= 0.3 is 17.8 Å². The number of amides is 2. The third-order valence-electron chi connectivity index (χ3n) is 5.14. The Morgan fingerprint density at radius 2 is 1.50 bits per heavy atom. The summed E-state index contributed by atoms with van der Waals surface area (Å²) >= 11 is 0. The summed E-state index contributed by atoms with van der Waals surface area (Å²) in [6.45, 7) is 2.66. The van der Waals surface area contributed by atoms with E-state index in [0.29, 0.717) is 13.1 Å². The fraction of sp³-hybridized carbons (Fsp3) is 0.318. The van der Waals surface area contributed by atoms with E-state index in [1.54, 1.807) is 6.92 Å². The maximum atomic E-state index is 12.9. The van der Waals surface area contributed by atoms with E-state index in [2.05, 4.69) is 0 Å². The number of carbonyl (C=O) groups excluding carboxylic acids is 3. The number of ether oxygens (including phenoxy) is 1. The van der Waals surface area contributed by atoms with Crippen molar-refractivity contribution < 1.29 is 19.1 Å². The fourth-order valence-electron chi connectivity index (χ4n) is 3.59. The van der Waals surface area contributed by atoms with Gasteiger partial charge in [-0.05, 0) is 18.1 Å². The van der Waals surface area contributed by atoms with E-state index >= 15 is 0 Å². The summed E-state index contributed by atoms with van der Waals surface area (Å²) in [5.41, 5.74) is 0.598. The molecule has 6 nitrogen and oxygen atoms in total. The van der Waals surface area contributed by atoms with Gasteiger partial charge in [0.15, 0.2) is 0 Å². The first kappa shape index (κ1) is 19.6. The SMILES string of the molecule is COC(=O)[C@](C)(Cc1ccccc1)N1CCN(Cc2ccccc2)C(=O)C1=O. The van der Waals surface area contributed by atoms with Crippen LogP contribution in [0.25, 0.3) is 0 Å². The van der Waals surface area contributed by atoms with Gasteiger partial charge in [0.25, 0.3) is 0 Å². The van der Waals surface area contributed by atoms with Gasteiger partial charge in [0.1, 0.15) is 5.54 Å². The Kier molecular flexibility index (Phi) is 5.78. The molecule has 0 aliphatic carbocycles. The molecule has 3 rings (SSSR count). The predicted octanol–water partition coefficient (Wildman–Crippen LogP) is 2.03. The van der Waals surface area contributed by atoms with Crippen LogP contribution in [0.3, 0.4) is 0 Å². The van der Waals surface area contributed by atoms with Gasteiger partial charge in [-0.1, -0.05) is 60.7 Å². The molecule has 146 valence electrons. The van der Waals surface area contributed by atoms with Crippen LogP contribution in [0.5, 0.6) is 0 Å². The zero-order valence-corrected chi connectivity index (χ0v) is 16.1. The van der Waals surface area contributed by atoms with Gasteiger partial charge in [0.2, 0.25) is 0 Å². The molecule has 0 N–H and O–H groups in total. The Morgan fingerprint density at radius 3 is 2.07 bits per heavy atom. The standard InChI is InChI=1S/C22H24N2O4/c1-22(21(27)28-2,15-17-9-5-3-6-10-17)24-14-13-23(19(25)20(24)26)16-18-11-7-4-8-12-18/h3-12H,13-16H2,1-2H3/t22-/m0/s1. The summed E-state index contributed by atoms with van der Waals surface area (Å²) < 4.78 is 4.99. The highest BCUT2D eigenvalue weighted by atomic mass is 16.5. The van der Waals surface area contributed by atoms with Crippen LogP contribution in [0.4, 0.5) is 0 Å². The average molecular weight is 380 g/mol. The van der Waals surface area contributed by atoms with E-state index in [-0.39, 0.29) is 13.0 Å². The third kappa shape index (κ3) is 3.91. The van der Waals surface area contributed by atoms with Crippen molar-refractivity contribution in [3.05, 3.63) is 71.8 Å². The molecule has 0 unspecified atom stereocenters. The second kappa shape index (κ2) is 8.25. The van der Waals surface area contributed by atoms with Crippen LogP contribution in [0.2, 0.25) is 0 Å². The van der Waals surface area contributed by atoms with Crippen LogP contribution >= 0.6 is 0 Å². The lowest BCUT2D eigenvalue weighted by Crippen LogP contribution is -2.65. The first-order valence-corrected chi connectivity index (χ1v) is 9.23. The minimum absolute atomic E-state index is 0.274. The van der Waals surface area contributed by atoms with E-state index in [4.69, 9.17) is 4.74 Å². The van der Waals surface area contributed by atoms with Gasteiger partial charge in [0, 0.05) is 26.1 Å². The molecule has 1 aliphatic rings. The molecule has 1 saturated heterocycles. The van der Waals surface area contributed by atoms with E-state index < -0.39 is 23.3 Å². The number of hydrogen-bond donors (Lipinski definition) is 0. The molecule has 0 radical (unpaired) electrons. The monoisotopic (exact) mass is 380 g/mol. The molecule has 6 heteroatoms. The number of methoxy groups -OCH3 is 1. The summed E-state index contributed by atoms with van der Waals surface area (Å²) in [5, 5.41) is 0. The highest BCUT2D eigenvalue weighted by molar-refractivity contribution is 6.36. The Hall–Kier alpha value is -3.15. The van der Waals surface area contributed by atoms with Crippen molar-refractivity contribution in [2.24, 2.45) is 0 Å². The fourth-order valence-corrected chi connectivity index (χ4v) is 3.59. The average Bonchev–Trinajstić information content (AvgIpc) is 2.72. The lowest BCUT2D eigenvalue weighted by atomic mass is 9.89. The molecule has 0 aromatic heterocycles. The molecule has 28 heavy (non-hydrogen) atoms. The molecule has 0 saturated carbocycles. The van der Waals surface area contributed by atoms with Crippen LogP contribution in [0.1, 0.15) is 18.1 Å². The van der Waals surface area contributed by atoms with Crippen molar-refractivity contribution in [1.82, 2.24) is 9.80 Å². The van der Waals surface area contributed by atoms with Gasteiger partial charge in [0.05, 0.1) is 7.11 Å². The zero-order valence-electron chi connectivity index (χ0n) is 16.1. The van der Waals surface area contributed by atoms with Crippen LogP contribution in [0, 0.1) is 0 Å². The molecule has 1 aliphatic heterocycles. The normalized spacial score (nSPS) is 16.6. The number of carbonyl (C=O) groups is 3. The summed E-state index contributed by atoms with van der Waals surface area (Å²) in [5.74, 6) is -1.81. The maximum Gasteiger partial charge on any atom is 0.331 e. The molecule has 1 fully saturated rings. The number of hydrogen-bond acceptors (Lipinski definition) is 4. The van der Waals surface area contributed by atoms with E-state index in [9.17, 15) is 14.4 Å². The topological polar surface area (TPSA) is 66.9 Å². The van der Waals surface area contributed by atoms with Gasteiger partial charge in [-0.15, -0.1) is 0 Å². The third-order valence-corrected chi connectivity index (χ3v) is 5.14. The van der Waals surface area contributed by atoms with Crippen LogP contribution in [-0.4, -0.2) is 53.3 Å². The Bertz CT molecular complexity index is 853. The smallest absolute Gasteiger partial charge is 0.331 e. The molecule has 1 heterocycles. The molecule has 0 bridgehead atoms. The molecule has 2 aromatic carbocycles. The summed E-state index contributed by atoms with van der Waals surface area (Å²) in [4.78, 5) is 41.1.